The molecule has 0 bridgehead atoms. The first-order valence-electron chi connectivity index (χ1n) is 8.22. The first-order valence-corrected chi connectivity index (χ1v) is 8.22. The topological polar surface area (TPSA) is 73.9 Å². The summed E-state index contributed by atoms with van der Waals surface area (Å²) < 4.78 is 2.44. The molecule has 3 aromatic rings. The summed E-state index contributed by atoms with van der Waals surface area (Å²) in [4.78, 5) is 12.0. The summed E-state index contributed by atoms with van der Waals surface area (Å²) in [6, 6.07) is 14.7. The fourth-order valence-corrected chi connectivity index (χ4v) is 2.63. The Kier molecular flexibility index (Phi) is 5.09. The van der Waals surface area contributed by atoms with E-state index in [4.69, 9.17) is 0 Å². The average Bonchev–Trinajstić information content (AvgIpc) is 3.00. The lowest BCUT2D eigenvalue weighted by Gasteiger charge is -2.05. The number of aryl methyl sites for hydroxylation is 2. The smallest absolute Gasteiger partial charge is 0.317 e. The Labute approximate surface area is 146 Å². The van der Waals surface area contributed by atoms with E-state index in [-0.39, 0.29) is 11.6 Å². The van der Waals surface area contributed by atoms with E-state index in [2.05, 4.69) is 10.4 Å². The number of para-hydroxylation sites is 1. The molecule has 2 heterocycles. The molecule has 6 nitrogen and oxygen atoms in total. The van der Waals surface area contributed by atoms with E-state index in [0.29, 0.717) is 11.3 Å². The highest BCUT2D eigenvalue weighted by Crippen LogP contribution is 2.13. The first-order chi connectivity index (χ1) is 12.1. The van der Waals surface area contributed by atoms with Crippen molar-refractivity contribution in [2.45, 2.75) is 19.8 Å². The molecule has 0 aliphatic heterocycles. The number of rotatable bonds is 6. The van der Waals surface area contributed by atoms with E-state index in [1.807, 2.05) is 48.1 Å². The third kappa shape index (κ3) is 4.03. The van der Waals surface area contributed by atoms with Crippen molar-refractivity contribution in [3.05, 3.63) is 83.1 Å². The lowest BCUT2D eigenvalue weighted by Crippen LogP contribution is -2.39. The van der Waals surface area contributed by atoms with Crippen LogP contribution in [-0.4, -0.2) is 22.2 Å². The van der Waals surface area contributed by atoms with Crippen LogP contribution in [0.1, 0.15) is 28.2 Å². The zero-order chi connectivity index (χ0) is 17.6. The molecule has 0 fully saturated rings. The maximum atomic E-state index is 12.0. The molecule has 0 unspecified atom stereocenters. The zero-order valence-electron chi connectivity index (χ0n) is 14.1. The molecule has 6 heteroatoms. The molecular weight excluding hydrogens is 316 g/mol. The van der Waals surface area contributed by atoms with Gasteiger partial charge < -0.3 is 10.5 Å². The van der Waals surface area contributed by atoms with Crippen LogP contribution in [0.15, 0.2) is 60.9 Å². The van der Waals surface area contributed by atoms with Gasteiger partial charge in [0.25, 0.3) is 5.69 Å². The molecule has 0 atom stereocenters. The summed E-state index contributed by atoms with van der Waals surface area (Å²) in [5, 5.41) is 18.9. The molecule has 2 aromatic heterocycles. The van der Waals surface area contributed by atoms with Gasteiger partial charge in [-0.3, -0.25) is 4.79 Å². The first kappa shape index (κ1) is 16.7. The molecule has 0 saturated carbocycles. The largest absolute Gasteiger partial charge is 0.618 e. The van der Waals surface area contributed by atoms with E-state index < -0.39 is 0 Å². The van der Waals surface area contributed by atoms with Gasteiger partial charge >= 0.3 is 5.91 Å². The molecule has 0 aliphatic rings. The van der Waals surface area contributed by atoms with Crippen molar-refractivity contribution < 1.29 is 9.52 Å². The molecule has 0 aliphatic carbocycles. The van der Waals surface area contributed by atoms with Gasteiger partial charge in [-0.15, -0.1) is 0 Å². The Morgan fingerprint density at radius 1 is 1.20 bits per heavy atom. The van der Waals surface area contributed by atoms with Crippen LogP contribution < -0.4 is 10.0 Å². The minimum atomic E-state index is -0.354. The lowest BCUT2D eigenvalue weighted by atomic mass is 10.1. The molecule has 0 spiro atoms. The minimum Gasteiger partial charge on any atom is -0.618 e. The maximum Gasteiger partial charge on any atom is 0.317 e. The Bertz CT molecular complexity index is 859. The van der Waals surface area contributed by atoms with Gasteiger partial charge in [0.2, 0.25) is 0 Å². The second kappa shape index (κ2) is 7.61. The van der Waals surface area contributed by atoms with E-state index in [1.165, 1.54) is 12.3 Å². The highest BCUT2D eigenvalue weighted by atomic mass is 16.5. The maximum absolute atomic E-state index is 12.0. The Balaban J connectivity index is 1.54. The number of hydrogen-bond donors (Lipinski definition) is 1. The fourth-order valence-electron chi connectivity index (χ4n) is 2.63. The Hall–Kier alpha value is -3.15. The van der Waals surface area contributed by atoms with Crippen molar-refractivity contribution in [3.8, 4) is 5.69 Å². The van der Waals surface area contributed by atoms with Gasteiger partial charge in [0.15, 0.2) is 6.20 Å². The standard InChI is InChI=1S/C19H20N4O2/c1-15-16(14-22(21-15)17-9-3-2-4-10-17)8-7-12-20-19(24)18-11-5-6-13-23(18)25/h2-6,9-11,13-14H,7-8,12H2,1H3,(H,20,24). The molecular formula is C19H20N4O2. The van der Waals surface area contributed by atoms with Crippen molar-refractivity contribution in [3.63, 3.8) is 0 Å². The van der Waals surface area contributed by atoms with Gasteiger partial charge in [-0.2, -0.15) is 9.83 Å². The Morgan fingerprint density at radius 2 is 1.96 bits per heavy atom. The molecule has 1 amide bonds. The van der Waals surface area contributed by atoms with Crippen LogP contribution in [0, 0.1) is 12.1 Å². The van der Waals surface area contributed by atoms with E-state index in [9.17, 15) is 10.0 Å². The summed E-state index contributed by atoms with van der Waals surface area (Å²) >= 11 is 0. The van der Waals surface area contributed by atoms with Crippen molar-refractivity contribution in [2.24, 2.45) is 0 Å². The molecule has 1 aromatic carbocycles. The third-order valence-electron chi connectivity index (χ3n) is 3.99. The number of pyridine rings is 1. The van der Waals surface area contributed by atoms with Crippen LogP contribution in [0.5, 0.6) is 0 Å². The number of nitrogens with one attached hydrogen (secondary N) is 1. The SMILES string of the molecule is Cc1nn(-c2ccccc2)cc1CCCNC(=O)c1cccc[n+]1[O-]. The Morgan fingerprint density at radius 3 is 2.72 bits per heavy atom. The second-order valence-electron chi connectivity index (χ2n) is 5.79. The highest BCUT2D eigenvalue weighted by molar-refractivity contribution is 5.90. The normalized spacial score (nSPS) is 10.6. The van der Waals surface area contributed by atoms with Gasteiger partial charge in [0, 0.05) is 24.9 Å². The molecule has 1 N–H and O–H groups in total. The monoisotopic (exact) mass is 336 g/mol. The zero-order valence-corrected chi connectivity index (χ0v) is 14.1. The van der Waals surface area contributed by atoms with Crippen molar-refractivity contribution in [1.82, 2.24) is 15.1 Å². The number of nitrogens with zero attached hydrogens (tertiary/aromatic N) is 3. The van der Waals surface area contributed by atoms with Crippen molar-refractivity contribution in [2.75, 3.05) is 6.54 Å². The van der Waals surface area contributed by atoms with Crippen LogP contribution in [0.25, 0.3) is 5.69 Å². The van der Waals surface area contributed by atoms with E-state index in [0.717, 1.165) is 29.8 Å². The summed E-state index contributed by atoms with van der Waals surface area (Å²) in [6.45, 7) is 2.49. The van der Waals surface area contributed by atoms with Crippen LogP contribution in [0.2, 0.25) is 0 Å². The summed E-state index contributed by atoms with van der Waals surface area (Å²) in [5.41, 5.74) is 3.26. The van der Waals surface area contributed by atoms with E-state index in [1.54, 1.807) is 12.1 Å². The summed E-state index contributed by atoms with van der Waals surface area (Å²) in [5.74, 6) is -0.354. The van der Waals surface area contributed by atoms with Crippen LogP contribution in [0.3, 0.4) is 0 Å². The predicted octanol–water partition coefficient (Wildman–Crippen LogP) is 2.18. The predicted molar refractivity (Wildman–Crippen MR) is 94.4 cm³/mol. The number of benzene rings is 1. The van der Waals surface area contributed by atoms with Gasteiger partial charge in [-0.1, -0.05) is 18.2 Å². The van der Waals surface area contributed by atoms with Gasteiger partial charge in [0.1, 0.15) is 0 Å². The number of carbonyl (C=O) groups excluding carboxylic acids is 1. The minimum absolute atomic E-state index is 0.107. The highest BCUT2D eigenvalue weighted by Gasteiger charge is 2.14. The number of carbonyl (C=O) groups is 1. The van der Waals surface area contributed by atoms with Crippen LogP contribution in [0.4, 0.5) is 0 Å². The molecule has 0 saturated heterocycles. The average molecular weight is 336 g/mol. The van der Waals surface area contributed by atoms with E-state index >= 15 is 0 Å². The second-order valence-corrected chi connectivity index (χ2v) is 5.79. The molecule has 25 heavy (non-hydrogen) atoms. The van der Waals surface area contributed by atoms with Gasteiger partial charge in [0.05, 0.1) is 11.4 Å². The van der Waals surface area contributed by atoms with Crippen LogP contribution >= 0.6 is 0 Å². The fraction of sp³-hybridized carbons (Fsp3) is 0.211. The molecule has 3 rings (SSSR count). The van der Waals surface area contributed by atoms with Gasteiger partial charge in [-0.05, 0) is 43.5 Å². The lowest BCUT2D eigenvalue weighted by molar-refractivity contribution is -0.607. The quantitative estimate of drug-likeness (QED) is 0.426. The van der Waals surface area contributed by atoms with Crippen molar-refractivity contribution >= 4 is 5.91 Å². The van der Waals surface area contributed by atoms with Crippen LogP contribution in [-0.2, 0) is 6.42 Å². The van der Waals surface area contributed by atoms with Gasteiger partial charge in [-0.25, -0.2) is 4.68 Å². The number of aromatic nitrogens is 3. The molecule has 0 radical (unpaired) electrons. The molecule has 128 valence electrons. The summed E-state index contributed by atoms with van der Waals surface area (Å²) in [7, 11) is 0. The number of hydrogen-bond acceptors (Lipinski definition) is 3. The van der Waals surface area contributed by atoms with Crippen molar-refractivity contribution in [1.29, 1.82) is 0 Å². The third-order valence-corrected chi connectivity index (χ3v) is 3.99. The number of amides is 1. The summed E-state index contributed by atoms with van der Waals surface area (Å²) in [6.07, 6.45) is 4.93.